The van der Waals surface area contributed by atoms with Gasteiger partial charge in [-0.3, -0.25) is 4.79 Å². The second-order valence-electron chi connectivity index (χ2n) is 8.46. The number of carbonyl (C=O) groups excluding carboxylic acids is 1. The molecule has 0 aromatic carbocycles. The van der Waals surface area contributed by atoms with Crippen LogP contribution in [-0.2, 0) is 11.2 Å². The molecule has 29 heavy (non-hydrogen) atoms. The molecule has 1 amide bonds. The average molecular weight is 420 g/mol. The van der Waals surface area contributed by atoms with Gasteiger partial charge < -0.3 is 20.4 Å². The number of piperidine rings is 1. The highest BCUT2D eigenvalue weighted by Crippen LogP contribution is 2.25. The van der Waals surface area contributed by atoms with E-state index in [0.717, 1.165) is 37.8 Å². The first-order valence-corrected chi connectivity index (χ1v) is 12.0. The zero-order valence-corrected chi connectivity index (χ0v) is 18.8. The van der Waals surface area contributed by atoms with Crippen LogP contribution in [0.1, 0.15) is 49.8 Å². The maximum Gasteiger partial charge on any atom is 0.243 e. The molecule has 2 heterocycles. The van der Waals surface area contributed by atoms with Crippen LogP contribution in [-0.4, -0.2) is 74.0 Å². The average Bonchev–Trinajstić information content (AvgIpc) is 3.26. The Morgan fingerprint density at radius 3 is 2.62 bits per heavy atom. The minimum Gasteiger partial charge on any atom is -0.356 e. The third kappa shape index (κ3) is 7.30. The third-order valence-electron chi connectivity index (χ3n) is 6.08. The van der Waals surface area contributed by atoms with E-state index in [1.807, 2.05) is 0 Å². The summed E-state index contributed by atoms with van der Waals surface area (Å²) in [5.41, 5.74) is 0. The molecule has 7 heteroatoms. The number of rotatable bonds is 7. The van der Waals surface area contributed by atoms with Crippen LogP contribution in [0.25, 0.3) is 0 Å². The number of hydrogen-bond acceptors (Lipinski definition) is 4. The quantitative estimate of drug-likeness (QED) is 0.527. The molecule has 1 aliphatic heterocycles. The summed E-state index contributed by atoms with van der Waals surface area (Å²) in [4.78, 5) is 22.2. The van der Waals surface area contributed by atoms with Gasteiger partial charge in [-0.05, 0) is 43.6 Å². The minimum absolute atomic E-state index is 0.0245. The normalized spacial score (nSPS) is 19.9. The monoisotopic (exact) mass is 419 g/mol. The first-order chi connectivity index (χ1) is 14.1. The molecule has 0 atom stereocenters. The molecular formula is C22H37N5OS. The number of nitrogens with zero attached hydrogens (tertiary/aromatic N) is 3. The summed E-state index contributed by atoms with van der Waals surface area (Å²) in [6.07, 6.45) is 10.2. The third-order valence-corrected chi connectivity index (χ3v) is 7.01. The molecule has 2 N–H and O–H groups in total. The van der Waals surface area contributed by atoms with Crippen LogP contribution in [0.3, 0.4) is 0 Å². The molecule has 1 aliphatic carbocycles. The lowest BCUT2D eigenvalue weighted by Gasteiger charge is -2.39. The predicted octanol–water partition coefficient (Wildman–Crippen LogP) is 2.71. The highest BCUT2D eigenvalue weighted by Gasteiger charge is 2.26. The van der Waals surface area contributed by atoms with Crippen molar-refractivity contribution in [3.8, 4) is 0 Å². The van der Waals surface area contributed by atoms with Crippen molar-refractivity contribution in [2.45, 2.75) is 63.5 Å². The molecule has 0 bridgehead atoms. The van der Waals surface area contributed by atoms with Gasteiger partial charge in [-0.2, -0.15) is 0 Å². The molecule has 1 aromatic rings. The molecule has 162 valence electrons. The van der Waals surface area contributed by atoms with E-state index >= 15 is 0 Å². The molecule has 6 nitrogen and oxygen atoms in total. The Bertz CT molecular complexity index is 632. The first-order valence-electron chi connectivity index (χ1n) is 11.1. The van der Waals surface area contributed by atoms with E-state index in [2.05, 4.69) is 38.0 Å². The Hall–Kier alpha value is -1.60. The van der Waals surface area contributed by atoms with Gasteiger partial charge in [0.1, 0.15) is 6.54 Å². The van der Waals surface area contributed by atoms with Gasteiger partial charge in [-0.15, -0.1) is 11.3 Å². The van der Waals surface area contributed by atoms with Gasteiger partial charge in [-0.1, -0.05) is 25.3 Å². The second kappa shape index (κ2) is 11.6. The van der Waals surface area contributed by atoms with Crippen molar-refractivity contribution in [3.05, 3.63) is 22.4 Å². The van der Waals surface area contributed by atoms with Gasteiger partial charge in [0.15, 0.2) is 5.96 Å². The lowest BCUT2D eigenvalue weighted by Crippen LogP contribution is -2.51. The van der Waals surface area contributed by atoms with Gasteiger partial charge in [0.05, 0.1) is 0 Å². The van der Waals surface area contributed by atoms with Crippen LogP contribution in [0.5, 0.6) is 0 Å². The Morgan fingerprint density at radius 2 is 1.97 bits per heavy atom. The van der Waals surface area contributed by atoms with Crippen LogP contribution in [0.4, 0.5) is 0 Å². The summed E-state index contributed by atoms with van der Waals surface area (Å²) in [7, 11) is 3.55. The molecule has 3 rings (SSSR count). The molecule has 0 unspecified atom stereocenters. The van der Waals surface area contributed by atoms with Gasteiger partial charge in [0, 0.05) is 50.7 Å². The Kier molecular flexibility index (Phi) is 8.80. The van der Waals surface area contributed by atoms with E-state index in [0.29, 0.717) is 6.04 Å². The topological polar surface area (TPSA) is 60.0 Å². The summed E-state index contributed by atoms with van der Waals surface area (Å²) < 4.78 is 0. The molecule has 2 fully saturated rings. The largest absolute Gasteiger partial charge is 0.356 e. The van der Waals surface area contributed by atoms with Crippen molar-refractivity contribution in [1.82, 2.24) is 20.4 Å². The van der Waals surface area contributed by atoms with Crippen molar-refractivity contribution in [2.75, 3.05) is 40.3 Å². The SMILES string of the molecule is CN(C)C(=O)CN=C(NCCc1cccs1)NC1CCN(C2CCCCC2)CC1. The fourth-order valence-electron chi connectivity index (χ4n) is 4.25. The van der Waals surface area contributed by atoms with Gasteiger partial charge in [0.2, 0.25) is 5.91 Å². The minimum atomic E-state index is 0.0245. The maximum atomic E-state index is 12.0. The highest BCUT2D eigenvalue weighted by atomic mass is 32.1. The van der Waals surface area contributed by atoms with E-state index in [1.54, 1.807) is 30.3 Å². The first kappa shape index (κ1) is 22.1. The zero-order chi connectivity index (χ0) is 20.5. The van der Waals surface area contributed by atoms with E-state index in [4.69, 9.17) is 0 Å². The highest BCUT2D eigenvalue weighted by molar-refractivity contribution is 7.09. The lowest BCUT2D eigenvalue weighted by atomic mass is 9.92. The van der Waals surface area contributed by atoms with E-state index in [-0.39, 0.29) is 12.5 Å². The Balaban J connectivity index is 1.48. The number of aliphatic imine (C=N–C) groups is 1. The molecule has 1 aromatic heterocycles. The van der Waals surface area contributed by atoms with Crippen LogP contribution >= 0.6 is 11.3 Å². The molecule has 0 spiro atoms. The summed E-state index contributed by atoms with van der Waals surface area (Å²) >= 11 is 1.78. The number of hydrogen-bond donors (Lipinski definition) is 2. The summed E-state index contributed by atoms with van der Waals surface area (Å²) in [6.45, 7) is 3.34. The van der Waals surface area contributed by atoms with Gasteiger partial charge in [-0.25, -0.2) is 4.99 Å². The fourth-order valence-corrected chi connectivity index (χ4v) is 4.96. The number of carbonyl (C=O) groups is 1. The molecular weight excluding hydrogens is 382 g/mol. The van der Waals surface area contributed by atoms with Crippen LogP contribution in [0.2, 0.25) is 0 Å². The van der Waals surface area contributed by atoms with Crippen LogP contribution in [0.15, 0.2) is 22.5 Å². The smallest absolute Gasteiger partial charge is 0.243 e. The Morgan fingerprint density at radius 1 is 1.21 bits per heavy atom. The van der Waals surface area contributed by atoms with Crippen molar-refractivity contribution in [1.29, 1.82) is 0 Å². The van der Waals surface area contributed by atoms with Crippen LogP contribution < -0.4 is 10.6 Å². The van der Waals surface area contributed by atoms with Crippen molar-refractivity contribution in [2.24, 2.45) is 4.99 Å². The molecule has 1 saturated carbocycles. The number of likely N-dealkylation sites (N-methyl/N-ethyl adjacent to an activating group) is 1. The van der Waals surface area contributed by atoms with E-state index in [9.17, 15) is 4.79 Å². The van der Waals surface area contributed by atoms with Gasteiger partial charge in [0.25, 0.3) is 0 Å². The molecule has 1 saturated heterocycles. The molecule has 0 radical (unpaired) electrons. The van der Waals surface area contributed by atoms with Gasteiger partial charge >= 0.3 is 0 Å². The standard InChI is InChI=1S/C22H37N5OS/c1-26(2)21(28)17-24-22(23-13-10-20-9-6-16-29-20)25-18-11-14-27(15-12-18)19-7-4-3-5-8-19/h6,9,16,18-19H,3-5,7-8,10-15,17H2,1-2H3,(H2,23,24,25). The number of likely N-dealkylation sites (tertiary alicyclic amines) is 1. The van der Waals surface area contributed by atoms with Crippen molar-refractivity contribution < 1.29 is 4.79 Å². The van der Waals surface area contributed by atoms with E-state index in [1.165, 1.54) is 50.1 Å². The number of thiophene rings is 1. The molecule has 2 aliphatic rings. The predicted molar refractivity (Wildman–Crippen MR) is 122 cm³/mol. The number of amides is 1. The summed E-state index contributed by atoms with van der Waals surface area (Å²) in [5.74, 6) is 0.796. The Labute approximate surface area is 179 Å². The summed E-state index contributed by atoms with van der Waals surface area (Å²) in [5, 5.41) is 9.14. The van der Waals surface area contributed by atoms with Crippen molar-refractivity contribution in [3.63, 3.8) is 0 Å². The number of nitrogens with one attached hydrogen (secondary N) is 2. The van der Waals surface area contributed by atoms with E-state index < -0.39 is 0 Å². The van der Waals surface area contributed by atoms with Crippen molar-refractivity contribution >= 4 is 23.2 Å². The number of guanidine groups is 1. The van der Waals surface area contributed by atoms with Crippen LogP contribution in [0, 0.1) is 0 Å². The fraction of sp³-hybridized carbons (Fsp3) is 0.727. The summed E-state index contributed by atoms with van der Waals surface area (Å²) in [6, 6.07) is 5.48. The second-order valence-corrected chi connectivity index (χ2v) is 9.49. The maximum absolute atomic E-state index is 12.0. The zero-order valence-electron chi connectivity index (χ0n) is 18.0. The lowest BCUT2D eigenvalue weighted by molar-refractivity contribution is -0.127.